The van der Waals surface area contributed by atoms with E-state index in [9.17, 15) is 14.7 Å². The number of methoxy groups -OCH3 is 1. The maximum atomic E-state index is 12.4. The summed E-state index contributed by atoms with van der Waals surface area (Å²) in [7, 11) is 1.54. The smallest absolute Gasteiger partial charge is 0.407 e. The molecule has 0 fully saturated rings. The molecule has 0 unspecified atom stereocenters. The molecular weight excluding hydrogens is 408 g/mol. The number of hydrogen-bond acceptors (Lipinski definition) is 5. The predicted molar refractivity (Wildman–Crippen MR) is 119 cm³/mol. The number of aromatic nitrogens is 1. The Labute approximate surface area is 186 Å². The standard InChI is InChI=1S/C25H24N2O5/c1-31-23-12-13-26-14-16(23)10-11-22(24(28)29)27-25(30)32-15-21-19-8-4-2-6-17(19)18-7-3-5-9-20(18)21/h2-9,12-14,21-22H,10-11,15H2,1H3,(H,27,30)(H,28,29)/t22-/m0/s1. The Kier molecular flexibility index (Phi) is 6.35. The highest BCUT2D eigenvalue weighted by Crippen LogP contribution is 2.44. The first-order valence-electron chi connectivity index (χ1n) is 10.4. The van der Waals surface area contributed by atoms with Gasteiger partial charge in [-0.05, 0) is 41.2 Å². The van der Waals surface area contributed by atoms with Gasteiger partial charge in [0.25, 0.3) is 0 Å². The molecular formula is C25H24N2O5. The normalized spacial score (nSPS) is 13.0. The van der Waals surface area contributed by atoms with Crippen molar-refractivity contribution in [1.29, 1.82) is 0 Å². The Hall–Kier alpha value is -3.87. The van der Waals surface area contributed by atoms with Gasteiger partial charge in [-0.3, -0.25) is 4.98 Å². The Balaban J connectivity index is 1.39. The van der Waals surface area contributed by atoms with Crippen LogP contribution >= 0.6 is 0 Å². The van der Waals surface area contributed by atoms with E-state index in [4.69, 9.17) is 9.47 Å². The third kappa shape index (κ3) is 4.42. The highest BCUT2D eigenvalue weighted by molar-refractivity contribution is 5.81. The van der Waals surface area contributed by atoms with Gasteiger partial charge in [-0.1, -0.05) is 48.5 Å². The van der Waals surface area contributed by atoms with Crippen LogP contribution in [0, 0.1) is 0 Å². The summed E-state index contributed by atoms with van der Waals surface area (Å²) >= 11 is 0. The van der Waals surface area contributed by atoms with Crippen LogP contribution in [0.15, 0.2) is 67.0 Å². The van der Waals surface area contributed by atoms with Crippen LogP contribution in [-0.2, 0) is 16.0 Å². The summed E-state index contributed by atoms with van der Waals surface area (Å²) in [5, 5.41) is 12.0. The number of alkyl carbamates (subject to hydrolysis) is 1. The molecule has 0 spiro atoms. The number of hydrogen-bond donors (Lipinski definition) is 2. The molecule has 1 amide bonds. The van der Waals surface area contributed by atoms with E-state index in [1.165, 1.54) is 0 Å². The Morgan fingerprint density at radius 1 is 1.06 bits per heavy atom. The second-order valence-corrected chi connectivity index (χ2v) is 7.59. The molecule has 0 radical (unpaired) electrons. The summed E-state index contributed by atoms with van der Waals surface area (Å²) in [6.45, 7) is 0.128. The minimum absolute atomic E-state index is 0.0870. The van der Waals surface area contributed by atoms with Crippen LogP contribution < -0.4 is 10.1 Å². The van der Waals surface area contributed by atoms with Gasteiger partial charge >= 0.3 is 12.1 Å². The Morgan fingerprint density at radius 2 is 1.72 bits per heavy atom. The number of ether oxygens (including phenoxy) is 2. The van der Waals surface area contributed by atoms with Crippen LogP contribution in [0.5, 0.6) is 5.75 Å². The lowest BCUT2D eigenvalue weighted by atomic mass is 9.98. The van der Waals surface area contributed by atoms with Gasteiger partial charge in [0.1, 0.15) is 18.4 Å². The molecule has 7 heteroatoms. The molecule has 1 aromatic heterocycles. The van der Waals surface area contributed by atoms with E-state index in [-0.39, 0.29) is 18.9 Å². The first kappa shape index (κ1) is 21.4. The summed E-state index contributed by atoms with van der Waals surface area (Å²) in [5.74, 6) is -0.581. The van der Waals surface area contributed by atoms with Crippen LogP contribution in [-0.4, -0.2) is 41.9 Å². The SMILES string of the molecule is COc1ccncc1CC[C@H](NC(=O)OCC1c2ccccc2-c2ccccc21)C(=O)O. The molecule has 1 aliphatic carbocycles. The fourth-order valence-corrected chi connectivity index (χ4v) is 4.14. The van der Waals surface area contributed by atoms with Crippen LogP contribution in [0.4, 0.5) is 4.79 Å². The lowest BCUT2D eigenvalue weighted by Gasteiger charge is -2.18. The number of carbonyl (C=O) groups excluding carboxylic acids is 1. The van der Waals surface area contributed by atoms with E-state index in [1.807, 2.05) is 36.4 Å². The van der Waals surface area contributed by atoms with Gasteiger partial charge in [0, 0.05) is 23.9 Å². The van der Waals surface area contributed by atoms with Crippen molar-refractivity contribution in [3.8, 4) is 16.9 Å². The van der Waals surface area contributed by atoms with E-state index in [0.29, 0.717) is 12.2 Å². The molecule has 0 saturated carbocycles. The summed E-state index contributed by atoms with van der Waals surface area (Å²) in [6.07, 6.45) is 3.05. The van der Waals surface area contributed by atoms with Crippen LogP contribution in [0.2, 0.25) is 0 Å². The fourth-order valence-electron chi connectivity index (χ4n) is 4.14. The van der Waals surface area contributed by atoms with Gasteiger partial charge in [0.05, 0.1) is 7.11 Å². The molecule has 1 aliphatic rings. The number of amides is 1. The number of fused-ring (bicyclic) bond motifs is 3. The second-order valence-electron chi connectivity index (χ2n) is 7.59. The highest BCUT2D eigenvalue weighted by Gasteiger charge is 2.29. The number of carbonyl (C=O) groups is 2. The Bertz CT molecular complexity index is 1090. The molecule has 0 aliphatic heterocycles. The molecule has 7 nitrogen and oxygen atoms in total. The number of pyridine rings is 1. The molecule has 0 saturated heterocycles. The molecule has 3 aromatic rings. The maximum Gasteiger partial charge on any atom is 0.407 e. The molecule has 1 atom stereocenters. The summed E-state index contributed by atoms with van der Waals surface area (Å²) in [5.41, 5.74) is 5.23. The van der Waals surface area contributed by atoms with Crippen molar-refractivity contribution in [2.24, 2.45) is 0 Å². The number of carboxylic acids is 1. The average Bonchev–Trinajstić information content (AvgIpc) is 3.14. The van der Waals surface area contributed by atoms with Crippen molar-refractivity contribution in [2.75, 3.05) is 13.7 Å². The molecule has 2 N–H and O–H groups in total. The van der Waals surface area contributed by atoms with Crippen molar-refractivity contribution in [3.63, 3.8) is 0 Å². The lowest BCUT2D eigenvalue weighted by molar-refractivity contribution is -0.139. The number of carboxylic acid groups (broad SMARTS) is 1. The number of aliphatic carboxylic acids is 1. The zero-order chi connectivity index (χ0) is 22.5. The number of nitrogens with one attached hydrogen (secondary N) is 1. The van der Waals surface area contributed by atoms with E-state index >= 15 is 0 Å². The van der Waals surface area contributed by atoms with Crippen molar-refractivity contribution < 1.29 is 24.2 Å². The summed E-state index contributed by atoms with van der Waals surface area (Å²) in [4.78, 5) is 28.2. The van der Waals surface area contributed by atoms with Gasteiger partial charge in [-0.15, -0.1) is 0 Å². The molecule has 164 valence electrons. The first-order valence-corrected chi connectivity index (χ1v) is 10.4. The lowest BCUT2D eigenvalue weighted by Crippen LogP contribution is -2.41. The van der Waals surface area contributed by atoms with Gasteiger partial charge < -0.3 is 19.9 Å². The molecule has 1 heterocycles. The number of nitrogens with zero attached hydrogens (tertiary/aromatic N) is 1. The highest BCUT2D eigenvalue weighted by atomic mass is 16.5. The summed E-state index contributed by atoms with van der Waals surface area (Å²) < 4.78 is 10.7. The monoisotopic (exact) mass is 432 g/mol. The maximum absolute atomic E-state index is 12.4. The van der Waals surface area contributed by atoms with Gasteiger partial charge in [-0.25, -0.2) is 9.59 Å². The fraction of sp³-hybridized carbons (Fsp3) is 0.240. The average molecular weight is 432 g/mol. The van der Waals surface area contributed by atoms with Crippen molar-refractivity contribution in [3.05, 3.63) is 83.7 Å². The van der Waals surface area contributed by atoms with Gasteiger partial charge in [0.2, 0.25) is 0 Å². The third-order valence-corrected chi connectivity index (χ3v) is 5.71. The van der Waals surface area contributed by atoms with E-state index < -0.39 is 18.1 Å². The van der Waals surface area contributed by atoms with Crippen LogP contribution in [0.1, 0.15) is 29.0 Å². The first-order chi connectivity index (χ1) is 15.6. The molecule has 0 bridgehead atoms. The zero-order valence-electron chi connectivity index (χ0n) is 17.7. The van der Waals surface area contributed by atoms with E-state index in [2.05, 4.69) is 22.4 Å². The molecule has 2 aromatic carbocycles. The van der Waals surface area contributed by atoms with Crippen molar-refractivity contribution in [2.45, 2.75) is 24.8 Å². The third-order valence-electron chi connectivity index (χ3n) is 5.71. The number of aryl methyl sites for hydroxylation is 1. The van der Waals surface area contributed by atoms with Crippen LogP contribution in [0.3, 0.4) is 0 Å². The number of benzene rings is 2. The second kappa shape index (κ2) is 9.51. The van der Waals surface area contributed by atoms with Crippen molar-refractivity contribution in [1.82, 2.24) is 10.3 Å². The quantitative estimate of drug-likeness (QED) is 0.558. The largest absolute Gasteiger partial charge is 0.496 e. The van der Waals surface area contributed by atoms with Crippen LogP contribution in [0.25, 0.3) is 11.1 Å². The van der Waals surface area contributed by atoms with Crippen molar-refractivity contribution >= 4 is 12.1 Å². The minimum Gasteiger partial charge on any atom is -0.496 e. The van der Waals surface area contributed by atoms with E-state index in [0.717, 1.165) is 27.8 Å². The van der Waals surface area contributed by atoms with Gasteiger partial charge in [0.15, 0.2) is 0 Å². The molecule has 4 rings (SSSR count). The molecule has 32 heavy (non-hydrogen) atoms. The number of rotatable bonds is 8. The van der Waals surface area contributed by atoms with E-state index in [1.54, 1.807) is 25.6 Å². The minimum atomic E-state index is -1.12. The zero-order valence-corrected chi connectivity index (χ0v) is 17.7. The van der Waals surface area contributed by atoms with Gasteiger partial charge in [-0.2, -0.15) is 0 Å². The Morgan fingerprint density at radius 3 is 2.34 bits per heavy atom. The topological polar surface area (TPSA) is 97.8 Å². The summed E-state index contributed by atoms with van der Waals surface area (Å²) in [6, 6.07) is 16.7. The predicted octanol–water partition coefficient (Wildman–Crippen LogP) is 4.01.